The molecule has 56 valence electrons. The number of hydrogen-bond acceptors (Lipinski definition) is 3. The number of hydrogen-bond donors (Lipinski definition) is 0. The van der Waals surface area contributed by atoms with Crippen molar-refractivity contribution in [3.63, 3.8) is 0 Å². The standard InChI is InChI=1S/C8H6S3/c1-3-7(9-5-1)11-8-4-2-6-10-8/h1-6H. The Morgan fingerprint density at radius 2 is 1.45 bits per heavy atom. The molecule has 2 aromatic rings. The molecule has 0 aliphatic heterocycles. The molecule has 0 spiro atoms. The average Bonchev–Trinajstić information content (AvgIpc) is 2.60. The van der Waals surface area contributed by atoms with Crippen LogP contribution in [0.2, 0.25) is 0 Å². The average molecular weight is 198 g/mol. The first-order chi connectivity index (χ1) is 5.45. The molecule has 0 atom stereocenters. The second-order valence-electron chi connectivity index (χ2n) is 1.97. The van der Waals surface area contributed by atoms with E-state index in [9.17, 15) is 0 Å². The van der Waals surface area contributed by atoms with Gasteiger partial charge in [-0.25, -0.2) is 0 Å². The van der Waals surface area contributed by atoms with Crippen LogP contribution in [0.3, 0.4) is 0 Å². The van der Waals surface area contributed by atoms with Crippen LogP contribution in [0.5, 0.6) is 0 Å². The van der Waals surface area contributed by atoms with Gasteiger partial charge in [0.1, 0.15) is 0 Å². The topological polar surface area (TPSA) is 0 Å². The molecule has 11 heavy (non-hydrogen) atoms. The Morgan fingerprint density at radius 1 is 0.909 bits per heavy atom. The van der Waals surface area contributed by atoms with Crippen molar-refractivity contribution in [2.75, 3.05) is 0 Å². The van der Waals surface area contributed by atoms with Gasteiger partial charge >= 0.3 is 0 Å². The molecular formula is C8H6S3. The van der Waals surface area contributed by atoms with Crippen molar-refractivity contribution in [1.29, 1.82) is 0 Å². The Kier molecular flexibility index (Phi) is 2.31. The molecule has 0 nitrogen and oxygen atoms in total. The van der Waals surface area contributed by atoms with E-state index in [0.717, 1.165) is 0 Å². The van der Waals surface area contributed by atoms with Crippen molar-refractivity contribution in [3.8, 4) is 0 Å². The minimum Gasteiger partial charge on any atom is -0.137 e. The van der Waals surface area contributed by atoms with Crippen LogP contribution >= 0.6 is 34.4 Å². The maximum atomic E-state index is 2.15. The first-order valence-electron chi connectivity index (χ1n) is 3.20. The Hall–Kier alpha value is -0.250. The van der Waals surface area contributed by atoms with Crippen LogP contribution in [0, 0.1) is 0 Å². The minimum absolute atomic E-state index is 1.37. The van der Waals surface area contributed by atoms with Crippen molar-refractivity contribution < 1.29 is 0 Å². The molecule has 2 aromatic heterocycles. The third kappa shape index (κ3) is 1.86. The van der Waals surface area contributed by atoms with Crippen LogP contribution in [-0.4, -0.2) is 0 Å². The molecule has 0 saturated carbocycles. The Balaban J connectivity index is 2.14. The molecule has 0 aromatic carbocycles. The number of rotatable bonds is 2. The maximum absolute atomic E-state index is 2.15. The van der Waals surface area contributed by atoms with Gasteiger partial charge in [-0.05, 0) is 22.9 Å². The van der Waals surface area contributed by atoms with Crippen LogP contribution in [0.25, 0.3) is 0 Å². The van der Waals surface area contributed by atoms with Gasteiger partial charge in [-0.15, -0.1) is 22.7 Å². The molecule has 2 heterocycles. The predicted octanol–water partition coefficient (Wildman–Crippen LogP) is 3.96. The first-order valence-corrected chi connectivity index (χ1v) is 5.77. The number of thiophene rings is 2. The van der Waals surface area contributed by atoms with E-state index in [1.54, 1.807) is 22.7 Å². The monoisotopic (exact) mass is 198 g/mol. The Morgan fingerprint density at radius 3 is 1.82 bits per heavy atom. The SMILES string of the molecule is c1csc(Sc2cccs2)c1. The Bertz CT molecular complexity index is 262. The van der Waals surface area contributed by atoms with Gasteiger partial charge in [0, 0.05) is 0 Å². The van der Waals surface area contributed by atoms with Gasteiger partial charge in [-0.1, -0.05) is 23.9 Å². The zero-order valence-corrected chi connectivity index (χ0v) is 8.14. The highest BCUT2D eigenvalue weighted by Gasteiger charge is 1.96. The zero-order valence-electron chi connectivity index (χ0n) is 5.69. The van der Waals surface area contributed by atoms with E-state index in [1.807, 2.05) is 11.8 Å². The molecule has 0 fully saturated rings. The molecule has 0 aliphatic rings. The largest absolute Gasteiger partial charge is 0.137 e. The summed E-state index contributed by atoms with van der Waals surface area (Å²) in [6.07, 6.45) is 0. The van der Waals surface area contributed by atoms with Crippen molar-refractivity contribution >= 4 is 34.4 Å². The molecule has 0 aliphatic carbocycles. The Labute approximate surface area is 77.9 Å². The van der Waals surface area contributed by atoms with Gasteiger partial charge in [-0.3, -0.25) is 0 Å². The van der Waals surface area contributed by atoms with Gasteiger partial charge in [-0.2, -0.15) is 0 Å². The summed E-state index contributed by atoms with van der Waals surface area (Å²) in [5.74, 6) is 0. The molecule has 0 saturated heterocycles. The minimum atomic E-state index is 1.37. The summed E-state index contributed by atoms with van der Waals surface area (Å²) in [5.41, 5.74) is 0. The highest BCUT2D eigenvalue weighted by atomic mass is 32.2. The fraction of sp³-hybridized carbons (Fsp3) is 0. The third-order valence-electron chi connectivity index (χ3n) is 1.19. The molecule has 0 amide bonds. The lowest BCUT2D eigenvalue weighted by molar-refractivity contribution is 1.67. The zero-order chi connectivity index (χ0) is 7.52. The van der Waals surface area contributed by atoms with Crippen molar-refractivity contribution in [1.82, 2.24) is 0 Å². The summed E-state index contributed by atoms with van der Waals surface area (Å²) in [6, 6.07) is 8.46. The van der Waals surface area contributed by atoms with Gasteiger partial charge in [0.15, 0.2) is 0 Å². The smallest absolute Gasteiger partial charge is 0.0654 e. The highest BCUT2D eigenvalue weighted by Crippen LogP contribution is 2.33. The fourth-order valence-electron chi connectivity index (χ4n) is 0.742. The van der Waals surface area contributed by atoms with E-state index in [1.165, 1.54) is 8.42 Å². The van der Waals surface area contributed by atoms with Crippen LogP contribution in [0.4, 0.5) is 0 Å². The second-order valence-corrected chi connectivity index (χ2v) is 5.46. The predicted molar refractivity (Wildman–Crippen MR) is 52.8 cm³/mol. The van der Waals surface area contributed by atoms with E-state index in [0.29, 0.717) is 0 Å². The van der Waals surface area contributed by atoms with Gasteiger partial charge in [0.25, 0.3) is 0 Å². The fourth-order valence-corrected chi connectivity index (χ4v) is 3.55. The van der Waals surface area contributed by atoms with E-state index in [-0.39, 0.29) is 0 Å². The summed E-state index contributed by atoms with van der Waals surface area (Å²) in [6.45, 7) is 0. The summed E-state index contributed by atoms with van der Waals surface area (Å²) >= 11 is 5.42. The van der Waals surface area contributed by atoms with E-state index < -0.39 is 0 Å². The summed E-state index contributed by atoms with van der Waals surface area (Å²) in [5, 5.41) is 4.21. The van der Waals surface area contributed by atoms with Crippen LogP contribution in [0.1, 0.15) is 0 Å². The van der Waals surface area contributed by atoms with Crippen molar-refractivity contribution in [2.45, 2.75) is 8.42 Å². The highest BCUT2D eigenvalue weighted by molar-refractivity contribution is 8.02. The van der Waals surface area contributed by atoms with Crippen LogP contribution in [0.15, 0.2) is 43.4 Å². The molecule has 0 unspecified atom stereocenters. The lowest BCUT2D eigenvalue weighted by Gasteiger charge is -1.89. The van der Waals surface area contributed by atoms with Crippen LogP contribution in [-0.2, 0) is 0 Å². The lowest BCUT2D eigenvalue weighted by Crippen LogP contribution is -1.54. The van der Waals surface area contributed by atoms with Crippen molar-refractivity contribution in [2.24, 2.45) is 0 Å². The normalized spacial score (nSPS) is 10.2. The van der Waals surface area contributed by atoms with Gasteiger partial charge < -0.3 is 0 Å². The summed E-state index contributed by atoms with van der Waals surface area (Å²) < 4.78 is 2.74. The summed E-state index contributed by atoms with van der Waals surface area (Å²) in [7, 11) is 0. The summed E-state index contributed by atoms with van der Waals surface area (Å²) in [4.78, 5) is 0. The molecule has 0 bridgehead atoms. The van der Waals surface area contributed by atoms with E-state index in [4.69, 9.17) is 0 Å². The third-order valence-corrected chi connectivity index (χ3v) is 4.27. The van der Waals surface area contributed by atoms with Gasteiger partial charge in [0.05, 0.1) is 8.42 Å². The molecular weight excluding hydrogens is 192 g/mol. The molecule has 3 heteroatoms. The van der Waals surface area contributed by atoms with Gasteiger partial charge in [0.2, 0.25) is 0 Å². The first kappa shape index (κ1) is 7.40. The molecule has 0 N–H and O–H groups in total. The van der Waals surface area contributed by atoms with E-state index in [2.05, 4.69) is 35.0 Å². The molecule has 2 rings (SSSR count). The second kappa shape index (κ2) is 3.43. The quantitative estimate of drug-likeness (QED) is 0.704. The van der Waals surface area contributed by atoms with Crippen LogP contribution < -0.4 is 0 Å². The maximum Gasteiger partial charge on any atom is 0.0654 e. The van der Waals surface area contributed by atoms with E-state index >= 15 is 0 Å². The van der Waals surface area contributed by atoms with Crippen molar-refractivity contribution in [3.05, 3.63) is 35.0 Å². The molecule has 0 radical (unpaired) electrons. The lowest BCUT2D eigenvalue weighted by atomic mass is 10.7.